The molecule has 5 nitrogen and oxygen atoms in total. The van der Waals surface area contributed by atoms with E-state index >= 15 is 0 Å². The van der Waals surface area contributed by atoms with Gasteiger partial charge in [0, 0.05) is 18.2 Å². The minimum atomic E-state index is -0.453. The third kappa shape index (κ3) is 5.88. The Kier molecular flexibility index (Phi) is 6.46. The highest BCUT2D eigenvalue weighted by molar-refractivity contribution is 5.92. The van der Waals surface area contributed by atoms with Gasteiger partial charge in [-0.25, -0.2) is 0 Å². The molecule has 0 aliphatic carbocycles. The maximum absolute atomic E-state index is 12.3. The smallest absolute Gasteiger partial charge is 0.270 e. The molecule has 0 bridgehead atoms. The maximum Gasteiger partial charge on any atom is 0.270 e. The topological polar surface area (TPSA) is 72.2 Å². The Labute approximate surface area is 147 Å². The van der Waals surface area contributed by atoms with Crippen LogP contribution in [0.5, 0.6) is 0 Å². The standard InChI is InChI=1S/C20H22N2O3/c1-15(2)13-19(17-8-4-3-5-9-17)21-20(23)12-11-16-7-6-10-18(14-16)22(24)25/h3-12,14-15,19H,13H2,1-2H3,(H,21,23)/b12-11+. The number of carbonyl (C=O) groups is 1. The number of amides is 1. The van der Waals surface area contributed by atoms with Crippen molar-refractivity contribution in [3.63, 3.8) is 0 Å². The van der Waals surface area contributed by atoms with Crippen molar-refractivity contribution in [2.45, 2.75) is 26.3 Å². The van der Waals surface area contributed by atoms with Crippen LogP contribution < -0.4 is 5.32 Å². The third-order valence-corrected chi connectivity index (χ3v) is 3.73. The Morgan fingerprint density at radius 1 is 1.16 bits per heavy atom. The predicted molar refractivity (Wildman–Crippen MR) is 98.9 cm³/mol. The molecule has 1 atom stereocenters. The van der Waals surface area contributed by atoms with E-state index in [4.69, 9.17) is 0 Å². The highest BCUT2D eigenvalue weighted by Crippen LogP contribution is 2.21. The number of nitro benzene ring substituents is 1. The van der Waals surface area contributed by atoms with Crippen molar-refractivity contribution in [1.82, 2.24) is 5.32 Å². The van der Waals surface area contributed by atoms with Crippen molar-refractivity contribution in [3.05, 3.63) is 81.9 Å². The first-order valence-corrected chi connectivity index (χ1v) is 8.23. The highest BCUT2D eigenvalue weighted by atomic mass is 16.6. The molecular weight excluding hydrogens is 316 g/mol. The van der Waals surface area contributed by atoms with Crippen LogP contribution in [0.3, 0.4) is 0 Å². The summed E-state index contributed by atoms with van der Waals surface area (Å²) in [6.45, 7) is 4.22. The molecule has 0 heterocycles. The summed E-state index contributed by atoms with van der Waals surface area (Å²) in [7, 11) is 0. The summed E-state index contributed by atoms with van der Waals surface area (Å²) in [5.41, 5.74) is 1.68. The van der Waals surface area contributed by atoms with Gasteiger partial charge in [0.05, 0.1) is 11.0 Å². The summed E-state index contributed by atoms with van der Waals surface area (Å²) in [6.07, 6.45) is 3.83. The lowest BCUT2D eigenvalue weighted by Gasteiger charge is -2.20. The molecule has 0 saturated heterocycles. The summed E-state index contributed by atoms with van der Waals surface area (Å²) in [4.78, 5) is 22.6. The molecule has 0 aromatic heterocycles. The van der Waals surface area contributed by atoms with Crippen LogP contribution >= 0.6 is 0 Å². The Morgan fingerprint density at radius 3 is 2.52 bits per heavy atom. The molecule has 0 saturated carbocycles. The zero-order chi connectivity index (χ0) is 18.2. The van der Waals surface area contributed by atoms with E-state index in [9.17, 15) is 14.9 Å². The van der Waals surface area contributed by atoms with E-state index in [0.29, 0.717) is 11.5 Å². The van der Waals surface area contributed by atoms with Gasteiger partial charge in [-0.15, -0.1) is 0 Å². The van der Waals surface area contributed by atoms with E-state index in [1.165, 1.54) is 18.2 Å². The van der Waals surface area contributed by atoms with Crippen LogP contribution in [0.1, 0.15) is 37.4 Å². The molecule has 130 valence electrons. The number of rotatable bonds is 7. The molecule has 2 rings (SSSR count). The van der Waals surface area contributed by atoms with Gasteiger partial charge >= 0.3 is 0 Å². The first-order chi connectivity index (χ1) is 12.0. The number of nitrogens with zero attached hydrogens (tertiary/aromatic N) is 1. The third-order valence-electron chi connectivity index (χ3n) is 3.73. The Balaban J connectivity index is 2.08. The maximum atomic E-state index is 12.3. The minimum Gasteiger partial charge on any atom is -0.346 e. The molecule has 0 aliphatic rings. The fourth-order valence-corrected chi connectivity index (χ4v) is 2.57. The number of benzene rings is 2. The van der Waals surface area contributed by atoms with E-state index in [-0.39, 0.29) is 17.6 Å². The van der Waals surface area contributed by atoms with Gasteiger partial charge in [-0.1, -0.05) is 56.3 Å². The molecule has 2 aromatic carbocycles. The van der Waals surface area contributed by atoms with Gasteiger partial charge in [0.25, 0.3) is 5.69 Å². The number of hydrogen-bond donors (Lipinski definition) is 1. The second kappa shape index (κ2) is 8.78. The van der Waals surface area contributed by atoms with Crippen LogP contribution in [0, 0.1) is 16.0 Å². The molecule has 2 aromatic rings. The summed E-state index contributed by atoms with van der Waals surface area (Å²) >= 11 is 0. The second-order valence-corrected chi connectivity index (χ2v) is 6.29. The van der Waals surface area contributed by atoms with Gasteiger partial charge < -0.3 is 5.32 Å². The number of non-ortho nitro benzene ring substituents is 1. The normalized spacial score (nSPS) is 12.3. The van der Waals surface area contributed by atoms with Crippen LogP contribution in [0.2, 0.25) is 0 Å². The molecule has 0 spiro atoms. The lowest BCUT2D eigenvalue weighted by Crippen LogP contribution is -2.27. The van der Waals surface area contributed by atoms with Gasteiger partial charge in [-0.2, -0.15) is 0 Å². The number of hydrogen-bond acceptors (Lipinski definition) is 3. The molecule has 1 unspecified atom stereocenters. The van der Waals surface area contributed by atoms with Crippen LogP contribution in [0.25, 0.3) is 6.08 Å². The monoisotopic (exact) mass is 338 g/mol. The Morgan fingerprint density at radius 2 is 1.88 bits per heavy atom. The molecule has 1 amide bonds. The SMILES string of the molecule is CC(C)CC(NC(=O)/C=C/c1cccc([N+](=O)[O-])c1)c1ccccc1. The van der Waals surface area contributed by atoms with Gasteiger partial charge in [-0.3, -0.25) is 14.9 Å². The van der Waals surface area contributed by atoms with E-state index in [0.717, 1.165) is 12.0 Å². The van der Waals surface area contributed by atoms with Gasteiger partial charge in [-0.05, 0) is 29.5 Å². The van der Waals surface area contributed by atoms with Crippen molar-refractivity contribution in [2.75, 3.05) is 0 Å². The van der Waals surface area contributed by atoms with Gasteiger partial charge in [0.2, 0.25) is 5.91 Å². The average molecular weight is 338 g/mol. The van der Waals surface area contributed by atoms with Crippen molar-refractivity contribution in [1.29, 1.82) is 0 Å². The van der Waals surface area contributed by atoms with Crippen LogP contribution in [-0.2, 0) is 4.79 Å². The van der Waals surface area contributed by atoms with Crippen molar-refractivity contribution in [2.24, 2.45) is 5.92 Å². The van der Waals surface area contributed by atoms with E-state index in [2.05, 4.69) is 19.2 Å². The van der Waals surface area contributed by atoms with Gasteiger partial charge in [0.15, 0.2) is 0 Å². The average Bonchev–Trinajstić information content (AvgIpc) is 2.60. The summed E-state index contributed by atoms with van der Waals surface area (Å²) in [5, 5.41) is 13.8. The number of nitro groups is 1. The number of nitrogens with one attached hydrogen (secondary N) is 1. The first kappa shape index (κ1) is 18.4. The number of carbonyl (C=O) groups excluding carboxylic acids is 1. The zero-order valence-electron chi connectivity index (χ0n) is 14.4. The molecule has 25 heavy (non-hydrogen) atoms. The summed E-state index contributed by atoms with van der Waals surface area (Å²) in [5.74, 6) is 0.215. The molecule has 5 heteroatoms. The fourth-order valence-electron chi connectivity index (χ4n) is 2.57. The van der Waals surface area contributed by atoms with Crippen molar-refractivity contribution in [3.8, 4) is 0 Å². The lowest BCUT2D eigenvalue weighted by atomic mass is 9.97. The molecule has 0 aliphatic heterocycles. The molecule has 0 fully saturated rings. The van der Waals surface area contributed by atoms with Gasteiger partial charge in [0.1, 0.15) is 0 Å². The second-order valence-electron chi connectivity index (χ2n) is 6.29. The van der Waals surface area contributed by atoms with Crippen LogP contribution in [0.15, 0.2) is 60.7 Å². The summed E-state index contributed by atoms with van der Waals surface area (Å²) in [6, 6.07) is 16.0. The zero-order valence-corrected chi connectivity index (χ0v) is 14.4. The van der Waals surface area contributed by atoms with Crippen LogP contribution in [0.4, 0.5) is 5.69 Å². The van der Waals surface area contributed by atoms with E-state index in [1.54, 1.807) is 18.2 Å². The molecule has 1 N–H and O–H groups in total. The van der Waals surface area contributed by atoms with E-state index in [1.807, 2.05) is 30.3 Å². The predicted octanol–water partition coefficient (Wildman–Crippen LogP) is 4.51. The van der Waals surface area contributed by atoms with Crippen molar-refractivity contribution >= 4 is 17.7 Å². The fraction of sp³-hybridized carbons (Fsp3) is 0.250. The highest BCUT2D eigenvalue weighted by Gasteiger charge is 2.14. The quantitative estimate of drug-likeness (QED) is 0.458. The molecular formula is C20H22N2O3. The first-order valence-electron chi connectivity index (χ1n) is 8.23. The summed E-state index contributed by atoms with van der Waals surface area (Å²) < 4.78 is 0. The van der Waals surface area contributed by atoms with Crippen LogP contribution in [-0.4, -0.2) is 10.8 Å². The van der Waals surface area contributed by atoms with E-state index < -0.39 is 4.92 Å². The largest absolute Gasteiger partial charge is 0.346 e. The van der Waals surface area contributed by atoms with Crippen molar-refractivity contribution < 1.29 is 9.72 Å². The molecule has 0 radical (unpaired) electrons. The Hall–Kier alpha value is -2.95. The minimum absolute atomic E-state index is 0.00419. The Bertz CT molecular complexity index is 755. The lowest BCUT2D eigenvalue weighted by molar-refractivity contribution is -0.384.